The van der Waals surface area contributed by atoms with Gasteiger partial charge in [0.05, 0.1) is 4.91 Å². The maximum absolute atomic E-state index is 11.9. The monoisotopic (exact) mass is 232 g/mol. The van der Waals surface area contributed by atoms with E-state index in [1.54, 1.807) is 30.4 Å². The molecule has 2 nitrogen and oxygen atoms in total. The first-order valence-corrected chi connectivity index (χ1v) is 6.19. The molecular weight excluding hydrogens is 220 g/mol. The van der Waals surface area contributed by atoms with Crippen molar-refractivity contribution < 1.29 is 8.42 Å². The molecule has 0 atom stereocenters. The van der Waals surface area contributed by atoms with E-state index in [1.165, 1.54) is 12.2 Å². The molecule has 0 amide bonds. The molecule has 0 heterocycles. The van der Waals surface area contributed by atoms with Crippen molar-refractivity contribution in [1.82, 2.24) is 0 Å². The van der Waals surface area contributed by atoms with Crippen LogP contribution in [0.15, 0.2) is 70.4 Å². The van der Waals surface area contributed by atoms with Gasteiger partial charge in [0.25, 0.3) is 0 Å². The summed E-state index contributed by atoms with van der Waals surface area (Å²) in [6.45, 7) is 5.38. The molecular formula is C13H12O2S. The fourth-order valence-electron chi connectivity index (χ4n) is 1.000. The summed E-state index contributed by atoms with van der Waals surface area (Å²) in [7, 11) is -3.52. The minimum Gasteiger partial charge on any atom is -0.218 e. The van der Waals surface area contributed by atoms with Crippen LogP contribution in [-0.4, -0.2) is 8.42 Å². The average Bonchev–Trinajstić information content (AvgIpc) is 2.30. The van der Waals surface area contributed by atoms with Gasteiger partial charge < -0.3 is 0 Å². The van der Waals surface area contributed by atoms with Crippen LogP contribution in [0.5, 0.6) is 0 Å². The van der Waals surface area contributed by atoms with Crippen molar-refractivity contribution in [3.63, 3.8) is 0 Å². The van der Waals surface area contributed by atoms with E-state index in [4.69, 9.17) is 0 Å². The molecule has 0 fully saturated rings. The maximum atomic E-state index is 11.9. The number of rotatable bonds is 4. The van der Waals surface area contributed by atoms with Gasteiger partial charge in [0, 0.05) is 0 Å². The van der Waals surface area contributed by atoms with E-state index < -0.39 is 9.84 Å². The van der Waals surface area contributed by atoms with Crippen LogP contribution in [0, 0.1) is 0 Å². The van der Waals surface area contributed by atoms with E-state index >= 15 is 0 Å². The predicted molar refractivity (Wildman–Crippen MR) is 66.3 cm³/mol. The van der Waals surface area contributed by atoms with Gasteiger partial charge in [0.2, 0.25) is 9.84 Å². The van der Waals surface area contributed by atoms with Gasteiger partial charge in [-0.3, -0.25) is 0 Å². The second-order valence-corrected chi connectivity index (χ2v) is 4.99. The van der Waals surface area contributed by atoms with Gasteiger partial charge in [-0.25, -0.2) is 8.42 Å². The van der Waals surface area contributed by atoms with Crippen molar-refractivity contribution in [2.45, 2.75) is 6.92 Å². The largest absolute Gasteiger partial charge is 0.218 e. The lowest BCUT2D eigenvalue weighted by molar-refractivity contribution is 0.609. The van der Waals surface area contributed by atoms with Gasteiger partial charge in [-0.15, -0.1) is 0 Å². The highest BCUT2D eigenvalue weighted by Gasteiger charge is 2.17. The van der Waals surface area contributed by atoms with Crippen LogP contribution in [-0.2, 0) is 9.84 Å². The number of allylic oxidation sites excluding steroid dienone is 7. The Morgan fingerprint density at radius 1 is 1.44 bits per heavy atom. The summed E-state index contributed by atoms with van der Waals surface area (Å²) in [4.78, 5) is 0.131. The number of sulfone groups is 1. The smallest absolute Gasteiger partial charge is 0.213 e. The third-order valence-electron chi connectivity index (χ3n) is 1.84. The number of hydrogen-bond donors (Lipinski definition) is 0. The van der Waals surface area contributed by atoms with Crippen LogP contribution in [0.25, 0.3) is 0 Å². The van der Waals surface area contributed by atoms with Crippen LogP contribution in [0.3, 0.4) is 0 Å². The van der Waals surface area contributed by atoms with Crippen molar-refractivity contribution in [2.75, 3.05) is 0 Å². The Labute approximate surface area is 95.9 Å². The molecule has 0 N–H and O–H groups in total. The molecule has 1 aliphatic carbocycles. The molecule has 0 radical (unpaired) electrons. The molecule has 0 unspecified atom stereocenters. The first-order chi connectivity index (χ1) is 7.59. The second-order valence-electron chi connectivity index (χ2n) is 3.01. The zero-order chi connectivity index (χ0) is 12.0. The molecule has 0 aromatic carbocycles. The molecule has 1 aliphatic rings. The SMILES string of the molecule is C=C(/C=C\C=C/C)S(=O)(=O)C1=C=C=CC=C1. The van der Waals surface area contributed by atoms with Crippen LogP contribution in [0.1, 0.15) is 6.92 Å². The van der Waals surface area contributed by atoms with Gasteiger partial charge in [-0.1, -0.05) is 36.6 Å². The fourth-order valence-corrected chi connectivity index (χ4v) is 1.99. The Bertz CT molecular complexity index is 571. The topological polar surface area (TPSA) is 34.1 Å². The average molecular weight is 232 g/mol. The van der Waals surface area contributed by atoms with Crippen molar-refractivity contribution in [3.8, 4) is 0 Å². The molecule has 0 spiro atoms. The standard InChI is InChI=1S/C13H12O2S/c1-3-4-6-9-12(2)16(14,15)13-10-7-5-8-11-13/h3-7,9-10H,2H2,1H3/b4-3-,9-6-. The van der Waals surface area contributed by atoms with Crippen molar-refractivity contribution in [3.05, 3.63) is 70.4 Å². The minimum absolute atomic E-state index is 0.0430. The van der Waals surface area contributed by atoms with Crippen LogP contribution < -0.4 is 0 Å². The van der Waals surface area contributed by atoms with Gasteiger partial charge in [-0.2, -0.15) is 0 Å². The van der Waals surface area contributed by atoms with E-state index in [1.807, 2.05) is 6.92 Å². The van der Waals surface area contributed by atoms with Gasteiger partial charge in [0.15, 0.2) is 0 Å². The zero-order valence-electron chi connectivity index (χ0n) is 8.97. The minimum atomic E-state index is -3.52. The maximum Gasteiger partial charge on any atom is 0.213 e. The molecule has 82 valence electrons. The summed E-state index contributed by atoms with van der Waals surface area (Å²) in [5, 5.41) is 0. The lowest BCUT2D eigenvalue weighted by Crippen LogP contribution is -2.03. The Kier molecular flexibility index (Phi) is 4.10. The van der Waals surface area contributed by atoms with Crippen LogP contribution in [0.2, 0.25) is 0 Å². The van der Waals surface area contributed by atoms with Crippen molar-refractivity contribution in [1.29, 1.82) is 0 Å². The number of hydrogen-bond acceptors (Lipinski definition) is 2. The van der Waals surface area contributed by atoms with E-state index in [0.29, 0.717) is 0 Å². The molecule has 3 heteroatoms. The summed E-state index contributed by atoms with van der Waals surface area (Å²) in [5.74, 6) is 0. The first kappa shape index (κ1) is 12.3. The predicted octanol–water partition coefficient (Wildman–Crippen LogP) is 2.81. The van der Waals surface area contributed by atoms with E-state index in [-0.39, 0.29) is 9.81 Å². The Hall–Kier alpha value is -1.79. The van der Waals surface area contributed by atoms with E-state index in [2.05, 4.69) is 18.0 Å². The molecule has 0 aromatic rings. The first-order valence-electron chi connectivity index (χ1n) is 4.71. The van der Waals surface area contributed by atoms with Crippen molar-refractivity contribution >= 4 is 9.84 Å². The van der Waals surface area contributed by atoms with Crippen molar-refractivity contribution in [2.24, 2.45) is 0 Å². The van der Waals surface area contributed by atoms with Gasteiger partial charge in [0.1, 0.15) is 4.91 Å². The normalized spacial score (nSPS) is 14.9. The molecule has 0 aromatic heterocycles. The molecule has 0 bridgehead atoms. The summed E-state index contributed by atoms with van der Waals surface area (Å²) < 4.78 is 23.8. The fraction of sp³-hybridized carbons (Fsp3) is 0.0769. The lowest BCUT2D eigenvalue weighted by Gasteiger charge is -2.02. The third kappa shape index (κ3) is 2.85. The Balaban J connectivity index is 3.05. The van der Waals surface area contributed by atoms with Crippen LogP contribution >= 0.6 is 0 Å². The Morgan fingerprint density at radius 3 is 2.75 bits per heavy atom. The molecule has 0 saturated heterocycles. The van der Waals surface area contributed by atoms with Crippen LogP contribution in [0.4, 0.5) is 0 Å². The van der Waals surface area contributed by atoms with Gasteiger partial charge in [-0.05, 0) is 30.9 Å². The molecule has 1 rings (SSSR count). The van der Waals surface area contributed by atoms with Gasteiger partial charge >= 0.3 is 0 Å². The van der Waals surface area contributed by atoms with E-state index in [9.17, 15) is 8.42 Å². The summed E-state index contributed by atoms with van der Waals surface area (Å²) in [6.07, 6.45) is 11.3. The highest BCUT2D eigenvalue weighted by Crippen LogP contribution is 2.18. The van der Waals surface area contributed by atoms with E-state index in [0.717, 1.165) is 0 Å². The molecule has 16 heavy (non-hydrogen) atoms. The molecule has 0 aliphatic heterocycles. The summed E-state index contributed by atoms with van der Waals surface area (Å²) in [6, 6.07) is 0. The Morgan fingerprint density at radius 2 is 2.19 bits per heavy atom. The zero-order valence-corrected chi connectivity index (χ0v) is 9.79. The highest BCUT2D eigenvalue weighted by atomic mass is 32.2. The summed E-state index contributed by atoms with van der Waals surface area (Å²) >= 11 is 0. The lowest BCUT2D eigenvalue weighted by atomic mass is 10.4. The highest BCUT2D eigenvalue weighted by molar-refractivity contribution is 7.99. The molecule has 0 saturated carbocycles. The summed E-state index contributed by atoms with van der Waals surface area (Å²) in [5.41, 5.74) is 5.16. The second kappa shape index (κ2) is 5.34. The quantitative estimate of drug-likeness (QED) is 0.551. The third-order valence-corrected chi connectivity index (χ3v) is 3.49.